The molecule has 4 rings (SSSR count). The Balaban J connectivity index is 1.31. The van der Waals surface area contributed by atoms with Gasteiger partial charge in [0.15, 0.2) is 0 Å². The molecule has 7 heteroatoms. The lowest BCUT2D eigenvalue weighted by Gasteiger charge is -2.29. The summed E-state index contributed by atoms with van der Waals surface area (Å²) in [5.41, 5.74) is 3.93. The number of morpholine rings is 1. The molecule has 31 heavy (non-hydrogen) atoms. The van der Waals surface area contributed by atoms with Crippen molar-refractivity contribution < 1.29 is 14.3 Å². The van der Waals surface area contributed by atoms with E-state index in [1.54, 1.807) is 17.3 Å². The minimum Gasteiger partial charge on any atom is -0.486 e. The van der Waals surface area contributed by atoms with Crippen LogP contribution in [0.4, 0.5) is 5.69 Å². The van der Waals surface area contributed by atoms with Crippen LogP contribution in [0.5, 0.6) is 5.75 Å². The van der Waals surface area contributed by atoms with Crippen LogP contribution in [0.1, 0.15) is 26.6 Å². The number of aromatic nitrogens is 1. The number of hydrogen-bond donors (Lipinski definition) is 0. The van der Waals surface area contributed by atoms with Crippen LogP contribution in [0, 0.1) is 6.92 Å². The van der Waals surface area contributed by atoms with Crippen LogP contribution >= 0.6 is 11.3 Å². The number of ether oxygens (including phenoxy) is 2. The maximum absolute atomic E-state index is 12.8. The SMILES string of the molecule is Cc1ccc(OCc2nc(C(=O)N(C)Cc3ccc(N4CCOCC4)cc3)cs2)cc1. The Hall–Kier alpha value is -2.90. The number of carbonyl (C=O) groups excluding carboxylic acids is 1. The minimum absolute atomic E-state index is 0.0879. The lowest BCUT2D eigenvalue weighted by molar-refractivity contribution is 0.0779. The lowest BCUT2D eigenvalue weighted by atomic mass is 10.1. The first-order valence-corrected chi connectivity index (χ1v) is 11.3. The van der Waals surface area contributed by atoms with E-state index in [9.17, 15) is 4.79 Å². The Bertz CT molecular complexity index is 996. The molecule has 0 unspecified atom stereocenters. The topological polar surface area (TPSA) is 54.9 Å². The van der Waals surface area contributed by atoms with Gasteiger partial charge in [0.2, 0.25) is 0 Å². The third-order valence-corrected chi connectivity index (χ3v) is 6.06. The summed E-state index contributed by atoms with van der Waals surface area (Å²) < 4.78 is 11.2. The highest BCUT2D eigenvalue weighted by Gasteiger charge is 2.17. The summed E-state index contributed by atoms with van der Waals surface area (Å²) >= 11 is 1.44. The third kappa shape index (κ3) is 5.62. The van der Waals surface area contributed by atoms with E-state index in [1.807, 2.05) is 31.2 Å². The number of anilines is 1. The number of amides is 1. The lowest BCUT2D eigenvalue weighted by Crippen LogP contribution is -2.36. The van der Waals surface area contributed by atoms with Crippen molar-refractivity contribution in [2.24, 2.45) is 0 Å². The summed E-state index contributed by atoms with van der Waals surface area (Å²) in [5, 5.41) is 2.58. The first-order valence-electron chi connectivity index (χ1n) is 10.4. The molecule has 0 spiro atoms. The fourth-order valence-corrected chi connectivity index (χ4v) is 4.11. The van der Waals surface area contributed by atoms with Gasteiger partial charge in [0.25, 0.3) is 5.91 Å². The van der Waals surface area contributed by atoms with Gasteiger partial charge >= 0.3 is 0 Å². The van der Waals surface area contributed by atoms with Gasteiger partial charge in [0.1, 0.15) is 23.1 Å². The molecular formula is C24H27N3O3S. The predicted octanol–water partition coefficient (Wildman–Crippen LogP) is 4.14. The smallest absolute Gasteiger partial charge is 0.273 e. The molecule has 162 valence electrons. The first kappa shape index (κ1) is 21.3. The highest BCUT2D eigenvalue weighted by atomic mass is 32.1. The molecule has 1 fully saturated rings. The van der Waals surface area contributed by atoms with Crippen molar-refractivity contribution in [3.05, 3.63) is 75.7 Å². The van der Waals surface area contributed by atoms with E-state index in [0.29, 0.717) is 18.8 Å². The molecule has 1 saturated heterocycles. The standard InChI is InChI=1S/C24H27N3O3S/c1-18-3-9-21(10-4-18)30-16-23-25-22(17-31-23)24(28)26(2)15-19-5-7-20(8-6-19)27-11-13-29-14-12-27/h3-10,17H,11-16H2,1-2H3. The number of hydrogen-bond acceptors (Lipinski definition) is 6. The highest BCUT2D eigenvalue weighted by molar-refractivity contribution is 7.09. The van der Waals surface area contributed by atoms with Crippen molar-refractivity contribution in [1.82, 2.24) is 9.88 Å². The fourth-order valence-electron chi connectivity index (χ4n) is 3.43. The normalized spacial score (nSPS) is 13.8. The molecule has 1 amide bonds. The second-order valence-corrected chi connectivity index (χ2v) is 8.60. The molecule has 0 N–H and O–H groups in total. The van der Waals surface area contributed by atoms with Crippen LogP contribution < -0.4 is 9.64 Å². The average Bonchev–Trinajstić information content (AvgIpc) is 3.28. The van der Waals surface area contributed by atoms with Gasteiger partial charge in [-0.3, -0.25) is 4.79 Å². The second-order valence-electron chi connectivity index (χ2n) is 7.66. The van der Waals surface area contributed by atoms with E-state index < -0.39 is 0 Å². The summed E-state index contributed by atoms with van der Waals surface area (Å²) in [6, 6.07) is 16.3. The zero-order chi connectivity index (χ0) is 21.6. The minimum atomic E-state index is -0.0879. The summed E-state index contributed by atoms with van der Waals surface area (Å²) in [6.45, 7) is 6.30. The van der Waals surface area contributed by atoms with E-state index in [0.717, 1.165) is 42.6 Å². The van der Waals surface area contributed by atoms with Gasteiger partial charge in [-0.15, -0.1) is 11.3 Å². The highest BCUT2D eigenvalue weighted by Crippen LogP contribution is 2.19. The van der Waals surface area contributed by atoms with Gasteiger partial charge < -0.3 is 19.3 Å². The van der Waals surface area contributed by atoms with E-state index in [2.05, 4.69) is 34.1 Å². The van der Waals surface area contributed by atoms with Crippen LogP contribution in [0.25, 0.3) is 0 Å². The van der Waals surface area contributed by atoms with Crippen molar-refractivity contribution in [3.8, 4) is 5.75 Å². The summed E-state index contributed by atoms with van der Waals surface area (Å²) in [7, 11) is 1.81. The molecule has 0 aliphatic carbocycles. The maximum atomic E-state index is 12.8. The molecule has 2 heterocycles. The molecular weight excluding hydrogens is 410 g/mol. The second kappa shape index (κ2) is 9.94. The molecule has 0 bridgehead atoms. The third-order valence-electron chi connectivity index (χ3n) is 5.23. The van der Waals surface area contributed by atoms with E-state index in [-0.39, 0.29) is 5.91 Å². The molecule has 6 nitrogen and oxygen atoms in total. The molecule has 1 aliphatic heterocycles. The van der Waals surface area contributed by atoms with E-state index in [1.165, 1.54) is 22.6 Å². The van der Waals surface area contributed by atoms with Gasteiger partial charge in [0, 0.05) is 37.7 Å². The van der Waals surface area contributed by atoms with Gasteiger partial charge in [0.05, 0.1) is 13.2 Å². The number of rotatable bonds is 7. The maximum Gasteiger partial charge on any atom is 0.273 e. The Labute approximate surface area is 187 Å². The zero-order valence-corrected chi connectivity index (χ0v) is 18.7. The van der Waals surface area contributed by atoms with Crippen LogP contribution in [-0.2, 0) is 17.9 Å². The number of thiazole rings is 1. The molecule has 2 aromatic carbocycles. The Morgan fingerprint density at radius 1 is 1.13 bits per heavy atom. The molecule has 0 radical (unpaired) electrons. The summed E-state index contributed by atoms with van der Waals surface area (Å²) in [5.74, 6) is 0.710. The number of carbonyl (C=O) groups is 1. The Morgan fingerprint density at radius 2 is 1.84 bits per heavy atom. The monoisotopic (exact) mass is 437 g/mol. The van der Waals surface area contributed by atoms with Crippen molar-refractivity contribution >= 4 is 22.9 Å². The van der Waals surface area contributed by atoms with E-state index in [4.69, 9.17) is 9.47 Å². The van der Waals surface area contributed by atoms with Crippen molar-refractivity contribution in [3.63, 3.8) is 0 Å². The van der Waals surface area contributed by atoms with Gasteiger partial charge in [-0.1, -0.05) is 29.8 Å². The largest absolute Gasteiger partial charge is 0.486 e. The van der Waals surface area contributed by atoms with Gasteiger partial charge in [-0.05, 0) is 36.8 Å². The van der Waals surface area contributed by atoms with E-state index >= 15 is 0 Å². The number of benzene rings is 2. The summed E-state index contributed by atoms with van der Waals surface area (Å²) in [6.07, 6.45) is 0. The quantitative estimate of drug-likeness (QED) is 0.556. The van der Waals surface area contributed by atoms with Gasteiger partial charge in [-0.25, -0.2) is 4.98 Å². The van der Waals surface area contributed by atoms with Crippen LogP contribution in [0.2, 0.25) is 0 Å². The Kier molecular flexibility index (Phi) is 6.84. The van der Waals surface area contributed by atoms with Crippen molar-refractivity contribution in [2.75, 3.05) is 38.3 Å². The molecule has 0 atom stereocenters. The average molecular weight is 438 g/mol. The van der Waals surface area contributed by atoms with Gasteiger partial charge in [-0.2, -0.15) is 0 Å². The molecule has 1 aliphatic rings. The van der Waals surface area contributed by atoms with Crippen molar-refractivity contribution in [1.29, 1.82) is 0 Å². The fraction of sp³-hybridized carbons (Fsp3) is 0.333. The Morgan fingerprint density at radius 3 is 2.55 bits per heavy atom. The number of nitrogens with zero attached hydrogens (tertiary/aromatic N) is 3. The van der Waals surface area contributed by atoms with Crippen LogP contribution in [-0.4, -0.2) is 49.1 Å². The molecule has 1 aromatic heterocycles. The van der Waals surface area contributed by atoms with Crippen molar-refractivity contribution in [2.45, 2.75) is 20.1 Å². The molecule has 3 aromatic rings. The van der Waals surface area contributed by atoms with Crippen LogP contribution in [0.3, 0.4) is 0 Å². The number of aryl methyl sites for hydroxylation is 1. The summed E-state index contributed by atoms with van der Waals surface area (Å²) in [4.78, 5) is 21.3. The predicted molar refractivity (Wildman–Crippen MR) is 123 cm³/mol. The van der Waals surface area contributed by atoms with Crippen LogP contribution in [0.15, 0.2) is 53.9 Å². The zero-order valence-electron chi connectivity index (χ0n) is 17.9. The first-order chi connectivity index (χ1) is 15.1. The molecule has 0 saturated carbocycles.